The summed E-state index contributed by atoms with van der Waals surface area (Å²) in [5.41, 5.74) is 0. The van der Waals surface area contributed by atoms with Crippen molar-refractivity contribution in [1.29, 1.82) is 0 Å². The van der Waals surface area contributed by atoms with Crippen LogP contribution < -0.4 is 0 Å². The average Bonchev–Trinajstić information content (AvgIpc) is 2.83. The molecule has 102 valence electrons. The minimum absolute atomic E-state index is 0.111. The third-order valence-electron chi connectivity index (χ3n) is 3.21. The van der Waals surface area contributed by atoms with E-state index in [1.165, 1.54) is 4.88 Å². The first-order chi connectivity index (χ1) is 8.60. The van der Waals surface area contributed by atoms with Crippen LogP contribution in [-0.2, 0) is 16.0 Å². The van der Waals surface area contributed by atoms with Crippen molar-refractivity contribution in [2.24, 2.45) is 0 Å². The molecule has 0 amide bonds. The van der Waals surface area contributed by atoms with Crippen LogP contribution in [0.5, 0.6) is 0 Å². The molecule has 0 saturated heterocycles. The summed E-state index contributed by atoms with van der Waals surface area (Å²) in [4.78, 5) is 15.3. The fourth-order valence-electron chi connectivity index (χ4n) is 2.03. The predicted molar refractivity (Wildman–Crippen MR) is 76.0 cm³/mol. The molecule has 1 aromatic rings. The topological polar surface area (TPSA) is 29.5 Å². The lowest BCUT2D eigenvalue weighted by atomic mass is 10.1. The van der Waals surface area contributed by atoms with Gasteiger partial charge < -0.3 is 4.74 Å². The normalized spacial score (nSPS) is 14.5. The average molecular weight is 269 g/mol. The molecule has 1 rings (SSSR count). The van der Waals surface area contributed by atoms with E-state index in [9.17, 15) is 4.79 Å². The minimum Gasteiger partial charge on any atom is -0.465 e. The molecule has 4 heteroatoms. The van der Waals surface area contributed by atoms with Crippen molar-refractivity contribution in [1.82, 2.24) is 4.90 Å². The fourth-order valence-corrected chi connectivity index (χ4v) is 2.86. The highest BCUT2D eigenvalue weighted by molar-refractivity contribution is 7.09. The van der Waals surface area contributed by atoms with Crippen molar-refractivity contribution in [3.63, 3.8) is 0 Å². The molecule has 0 fully saturated rings. The fraction of sp³-hybridized carbons (Fsp3) is 0.643. The maximum atomic E-state index is 11.9. The van der Waals surface area contributed by atoms with Gasteiger partial charge in [0.05, 0.1) is 6.61 Å². The number of esters is 1. The first kappa shape index (κ1) is 15.2. The zero-order valence-corrected chi connectivity index (χ0v) is 12.5. The first-order valence-electron chi connectivity index (χ1n) is 6.51. The van der Waals surface area contributed by atoms with Gasteiger partial charge in [-0.15, -0.1) is 11.3 Å². The second-order valence-corrected chi connectivity index (χ2v) is 5.51. The van der Waals surface area contributed by atoms with Gasteiger partial charge in [0.2, 0.25) is 0 Å². The molecule has 1 heterocycles. The molecule has 1 aromatic heterocycles. The van der Waals surface area contributed by atoms with E-state index in [2.05, 4.69) is 29.3 Å². The summed E-state index contributed by atoms with van der Waals surface area (Å²) in [6, 6.07) is 4.40. The summed E-state index contributed by atoms with van der Waals surface area (Å²) >= 11 is 1.76. The third kappa shape index (κ3) is 4.10. The van der Waals surface area contributed by atoms with Gasteiger partial charge >= 0.3 is 5.97 Å². The maximum Gasteiger partial charge on any atom is 0.323 e. The lowest BCUT2D eigenvalue weighted by molar-refractivity contribution is -0.150. The van der Waals surface area contributed by atoms with Gasteiger partial charge in [-0.2, -0.15) is 0 Å². The van der Waals surface area contributed by atoms with E-state index in [0.29, 0.717) is 12.6 Å². The Hall–Kier alpha value is -0.870. The molecule has 0 aliphatic carbocycles. The Kier molecular flexibility index (Phi) is 6.36. The molecule has 2 atom stereocenters. The quantitative estimate of drug-likeness (QED) is 0.713. The molecule has 18 heavy (non-hydrogen) atoms. The Bertz CT molecular complexity index is 351. The van der Waals surface area contributed by atoms with E-state index in [-0.39, 0.29) is 12.0 Å². The van der Waals surface area contributed by atoms with E-state index in [0.717, 1.165) is 12.8 Å². The molecule has 0 saturated carbocycles. The van der Waals surface area contributed by atoms with Crippen LogP contribution in [-0.4, -0.2) is 36.6 Å². The highest BCUT2D eigenvalue weighted by Gasteiger charge is 2.26. The van der Waals surface area contributed by atoms with Crippen LogP contribution in [0.3, 0.4) is 0 Å². The van der Waals surface area contributed by atoms with Gasteiger partial charge in [-0.3, -0.25) is 9.69 Å². The van der Waals surface area contributed by atoms with Gasteiger partial charge in [0.25, 0.3) is 0 Å². The Morgan fingerprint density at radius 3 is 2.72 bits per heavy atom. The standard InChI is InChI=1S/C14H23NO2S/c1-5-13(14(16)17-6-2)15(4)11(3)10-12-8-7-9-18-12/h7-9,11,13H,5-6,10H2,1-4H3. The Morgan fingerprint density at radius 2 is 2.22 bits per heavy atom. The van der Waals surface area contributed by atoms with Crippen molar-refractivity contribution in [2.45, 2.75) is 45.7 Å². The number of carbonyl (C=O) groups excluding carboxylic acids is 1. The van der Waals surface area contributed by atoms with Crippen LogP contribution in [0.4, 0.5) is 0 Å². The predicted octanol–water partition coefficient (Wildman–Crippen LogP) is 2.95. The number of hydrogen-bond donors (Lipinski definition) is 0. The zero-order valence-electron chi connectivity index (χ0n) is 11.7. The summed E-state index contributed by atoms with van der Waals surface area (Å²) in [5.74, 6) is -0.111. The van der Waals surface area contributed by atoms with Crippen LogP contribution in [0.25, 0.3) is 0 Å². The number of nitrogens with zero attached hydrogens (tertiary/aromatic N) is 1. The number of rotatable bonds is 7. The molecule has 0 spiro atoms. The van der Waals surface area contributed by atoms with E-state index < -0.39 is 0 Å². The number of hydrogen-bond acceptors (Lipinski definition) is 4. The molecule has 0 aromatic carbocycles. The third-order valence-corrected chi connectivity index (χ3v) is 4.11. The molecule has 0 N–H and O–H groups in total. The highest BCUT2D eigenvalue weighted by Crippen LogP contribution is 2.16. The summed E-state index contributed by atoms with van der Waals surface area (Å²) in [6.45, 7) is 6.47. The first-order valence-corrected chi connectivity index (χ1v) is 7.39. The van der Waals surface area contributed by atoms with Crippen LogP contribution in [0.1, 0.15) is 32.1 Å². The molecule has 2 unspecified atom stereocenters. The number of likely N-dealkylation sites (N-methyl/N-ethyl adjacent to an activating group) is 1. The smallest absolute Gasteiger partial charge is 0.323 e. The molecule has 0 aliphatic heterocycles. The number of thiophene rings is 1. The molecule has 0 aliphatic rings. The lowest BCUT2D eigenvalue weighted by Crippen LogP contribution is -2.44. The SMILES string of the molecule is CCOC(=O)C(CC)N(C)C(C)Cc1cccs1. The van der Waals surface area contributed by atoms with Gasteiger partial charge in [0.15, 0.2) is 0 Å². The van der Waals surface area contributed by atoms with Crippen molar-refractivity contribution in [3.8, 4) is 0 Å². The summed E-state index contributed by atoms with van der Waals surface area (Å²) in [7, 11) is 2.00. The van der Waals surface area contributed by atoms with Crippen LogP contribution in [0.2, 0.25) is 0 Å². The van der Waals surface area contributed by atoms with E-state index in [1.807, 2.05) is 20.9 Å². The molecule has 3 nitrogen and oxygen atoms in total. The lowest BCUT2D eigenvalue weighted by Gasteiger charge is -2.30. The van der Waals surface area contributed by atoms with Crippen LogP contribution >= 0.6 is 11.3 Å². The Balaban J connectivity index is 2.59. The minimum atomic E-state index is -0.139. The van der Waals surface area contributed by atoms with Gasteiger partial charge in [0.1, 0.15) is 6.04 Å². The van der Waals surface area contributed by atoms with E-state index in [4.69, 9.17) is 4.74 Å². The monoisotopic (exact) mass is 269 g/mol. The largest absolute Gasteiger partial charge is 0.465 e. The van der Waals surface area contributed by atoms with E-state index >= 15 is 0 Å². The molecular weight excluding hydrogens is 246 g/mol. The maximum absolute atomic E-state index is 11.9. The van der Waals surface area contributed by atoms with Crippen LogP contribution in [0.15, 0.2) is 17.5 Å². The van der Waals surface area contributed by atoms with E-state index in [1.54, 1.807) is 11.3 Å². The van der Waals surface area contributed by atoms with Crippen molar-refractivity contribution >= 4 is 17.3 Å². The second kappa shape index (κ2) is 7.54. The Morgan fingerprint density at radius 1 is 1.50 bits per heavy atom. The molecule has 0 bridgehead atoms. The summed E-state index contributed by atoms with van der Waals surface area (Å²) < 4.78 is 5.12. The Labute approximate surface area is 114 Å². The van der Waals surface area contributed by atoms with Crippen molar-refractivity contribution in [3.05, 3.63) is 22.4 Å². The van der Waals surface area contributed by atoms with Crippen LogP contribution in [0, 0.1) is 0 Å². The van der Waals surface area contributed by atoms with Gasteiger partial charge in [0, 0.05) is 10.9 Å². The summed E-state index contributed by atoms with van der Waals surface area (Å²) in [6.07, 6.45) is 1.76. The number of ether oxygens (including phenoxy) is 1. The number of carbonyl (C=O) groups is 1. The van der Waals surface area contributed by atoms with Crippen molar-refractivity contribution in [2.75, 3.05) is 13.7 Å². The van der Waals surface area contributed by atoms with Gasteiger partial charge in [-0.05, 0) is 45.2 Å². The second-order valence-electron chi connectivity index (χ2n) is 4.47. The van der Waals surface area contributed by atoms with Crippen molar-refractivity contribution < 1.29 is 9.53 Å². The van der Waals surface area contributed by atoms with Gasteiger partial charge in [-0.1, -0.05) is 13.0 Å². The highest BCUT2D eigenvalue weighted by atomic mass is 32.1. The van der Waals surface area contributed by atoms with Gasteiger partial charge in [-0.25, -0.2) is 0 Å². The zero-order chi connectivity index (χ0) is 13.5. The molecule has 0 radical (unpaired) electrons. The molecular formula is C14H23NO2S. The summed E-state index contributed by atoms with van der Waals surface area (Å²) in [5, 5.41) is 2.09.